The van der Waals surface area contributed by atoms with Crippen molar-refractivity contribution in [2.75, 3.05) is 5.32 Å². The molecule has 2 heterocycles. The van der Waals surface area contributed by atoms with Gasteiger partial charge in [0.05, 0.1) is 11.7 Å². The van der Waals surface area contributed by atoms with Crippen LogP contribution in [-0.2, 0) is 16.6 Å². The van der Waals surface area contributed by atoms with Crippen LogP contribution < -0.4 is 10.6 Å². The molecule has 0 saturated heterocycles. The van der Waals surface area contributed by atoms with Crippen LogP contribution in [0.5, 0.6) is 0 Å². The van der Waals surface area contributed by atoms with E-state index in [4.69, 9.17) is 0 Å². The molecule has 0 bridgehead atoms. The molecule has 2 N–H and O–H groups in total. The number of carbonyl (C=O) groups excluding carboxylic acids is 2. The van der Waals surface area contributed by atoms with E-state index < -0.39 is 11.8 Å². The zero-order chi connectivity index (χ0) is 18.0. The number of amides is 2. The second kappa shape index (κ2) is 7.17. The Balaban J connectivity index is 2.11. The fourth-order valence-electron chi connectivity index (χ4n) is 2.67. The number of thiophene rings is 1. The number of aryl methyl sites for hydroxylation is 4. The average Bonchev–Trinajstić information content (AvgIpc) is 2.96. The van der Waals surface area contributed by atoms with Gasteiger partial charge in [-0.15, -0.1) is 11.3 Å². The lowest BCUT2D eigenvalue weighted by molar-refractivity contribution is -0.136. The minimum Gasteiger partial charge on any atom is -0.341 e. The summed E-state index contributed by atoms with van der Waals surface area (Å²) < 4.78 is 1.53. The van der Waals surface area contributed by atoms with Gasteiger partial charge in [0, 0.05) is 22.9 Å². The molecule has 0 aliphatic carbocycles. The van der Waals surface area contributed by atoms with Gasteiger partial charge in [-0.3, -0.25) is 14.3 Å². The van der Waals surface area contributed by atoms with E-state index in [1.54, 1.807) is 24.5 Å². The van der Waals surface area contributed by atoms with Gasteiger partial charge in [-0.25, -0.2) is 0 Å². The molecule has 1 atom stereocenters. The summed E-state index contributed by atoms with van der Waals surface area (Å²) in [6, 6.07) is 3.60. The Bertz CT molecular complexity index is 761. The van der Waals surface area contributed by atoms with Crippen molar-refractivity contribution in [1.82, 2.24) is 15.1 Å². The number of hydrogen-bond donors (Lipinski definition) is 2. The molecule has 6 nitrogen and oxygen atoms in total. The SMILES string of the molecule is Cc1cc(NC(=O)C(=O)N[C@H](c2cc(C)sc2C)C(C)C)n(C)n1. The van der Waals surface area contributed by atoms with Gasteiger partial charge >= 0.3 is 11.8 Å². The fraction of sp³-hybridized carbons (Fsp3) is 0.471. The quantitative estimate of drug-likeness (QED) is 0.834. The minimum atomic E-state index is -0.687. The summed E-state index contributed by atoms with van der Waals surface area (Å²) in [4.78, 5) is 26.9. The van der Waals surface area contributed by atoms with Crippen LogP contribution in [0, 0.1) is 26.7 Å². The van der Waals surface area contributed by atoms with Gasteiger partial charge in [-0.05, 0) is 38.3 Å². The second-order valence-corrected chi connectivity index (χ2v) is 7.77. The Morgan fingerprint density at radius 3 is 2.29 bits per heavy atom. The summed E-state index contributed by atoms with van der Waals surface area (Å²) >= 11 is 1.69. The van der Waals surface area contributed by atoms with Crippen molar-refractivity contribution < 1.29 is 9.59 Å². The van der Waals surface area contributed by atoms with Crippen LogP contribution in [0.1, 0.15) is 40.9 Å². The predicted octanol–water partition coefficient (Wildman–Crippen LogP) is 2.86. The molecule has 2 aromatic heterocycles. The molecule has 0 fully saturated rings. The molecule has 0 aromatic carbocycles. The van der Waals surface area contributed by atoms with Crippen molar-refractivity contribution >= 4 is 29.0 Å². The zero-order valence-electron chi connectivity index (χ0n) is 14.9. The highest BCUT2D eigenvalue weighted by molar-refractivity contribution is 7.12. The summed E-state index contributed by atoms with van der Waals surface area (Å²) in [7, 11) is 1.72. The first kappa shape index (κ1) is 18.2. The number of hydrogen-bond acceptors (Lipinski definition) is 4. The Morgan fingerprint density at radius 1 is 1.17 bits per heavy atom. The molecule has 2 amide bonds. The van der Waals surface area contributed by atoms with E-state index in [1.807, 2.05) is 34.6 Å². The van der Waals surface area contributed by atoms with Crippen molar-refractivity contribution in [3.05, 3.63) is 33.1 Å². The molecule has 2 rings (SSSR count). The first-order valence-corrected chi connectivity index (χ1v) is 8.70. The number of nitrogens with one attached hydrogen (secondary N) is 2. The molecular weight excluding hydrogens is 324 g/mol. The number of aromatic nitrogens is 2. The maximum atomic E-state index is 12.3. The first-order chi connectivity index (χ1) is 11.2. The van der Waals surface area contributed by atoms with Gasteiger partial charge in [0.25, 0.3) is 0 Å². The highest BCUT2D eigenvalue weighted by Crippen LogP contribution is 2.30. The van der Waals surface area contributed by atoms with Crippen LogP contribution in [-0.4, -0.2) is 21.6 Å². The third kappa shape index (κ3) is 4.03. The number of carbonyl (C=O) groups is 2. The fourth-order valence-corrected chi connectivity index (χ4v) is 3.64. The van der Waals surface area contributed by atoms with Gasteiger partial charge in [0.2, 0.25) is 0 Å². The van der Waals surface area contributed by atoms with Crippen molar-refractivity contribution in [2.45, 2.75) is 40.7 Å². The summed E-state index contributed by atoms with van der Waals surface area (Å²) in [6.45, 7) is 9.95. The minimum absolute atomic E-state index is 0.174. The van der Waals surface area contributed by atoms with Crippen LogP contribution in [0.4, 0.5) is 5.82 Å². The molecule has 7 heteroatoms. The van der Waals surface area contributed by atoms with Gasteiger partial charge in [0.1, 0.15) is 5.82 Å². The highest BCUT2D eigenvalue weighted by atomic mass is 32.1. The van der Waals surface area contributed by atoms with Crippen LogP contribution in [0.2, 0.25) is 0 Å². The summed E-state index contributed by atoms with van der Waals surface area (Å²) in [5, 5.41) is 9.60. The van der Waals surface area contributed by atoms with Crippen LogP contribution in [0.3, 0.4) is 0 Å². The van der Waals surface area contributed by atoms with E-state index in [-0.39, 0.29) is 12.0 Å². The lowest BCUT2D eigenvalue weighted by atomic mass is 9.96. The van der Waals surface area contributed by atoms with Crippen LogP contribution >= 0.6 is 11.3 Å². The van der Waals surface area contributed by atoms with Crippen molar-refractivity contribution in [2.24, 2.45) is 13.0 Å². The summed E-state index contributed by atoms with van der Waals surface area (Å²) in [5.74, 6) is -0.659. The molecule has 0 aliphatic heterocycles. The predicted molar refractivity (Wildman–Crippen MR) is 96.1 cm³/mol. The molecule has 130 valence electrons. The maximum absolute atomic E-state index is 12.3. The molecular formula is C17H24N4O2S. The van der Waals surface area contributed by atoms with E-state index in [0.717, 1.165) is 16.1 Å². The normalized spacial score (nSPS) is 12.3. The van der Waals surface area contributed by atoms with Crippen LogP contribution in [0.15, 0.2) is 12.1 Å². The Morgan fingerprint density at radius 2 is 1.83 bits per heavy atom. The number of nitrogens with zero attached hydrogens (tertiary/aromatic N) is 2. The van der Waals surface area contributed by atoms with E-state index in [2.05, 4.69) is 21.8 Å². The monoisotopic (exact) mass is 348 g/mol. The number of anilines is 1. The number of rotatable bonds is 4. The molecule has 0 spiro atoms. The Kier molecular flexibility index (Phi) is 5.43. The second-order valence-electron chi connectivity index (χ2n) is 6.31. The molecule has 0 saturated carbocycles. The lowest BCUT2D eigenvalue weighted by Crippen LogP contribution is -2.39. The maximum Gasteiger partial charge on any atom is 0.314 e. The Hall–Kier alpha value is -2.15. The van der Waals surface area contributed by atoms with Crippen molar-refractivity contribution in [3.8, 4) is 0 Å². The summed E-state index contributed by atoms with van der Waals surface area (Å²) in [5.41, 5.74) is 1.85. The van der Waals surface area contributed by atoms with Gasteiger partial charge < -0.3 is 10.6 Å². The highest BCUT2D eigenvalue weighted by Gasteiger charge is 2.25. The summed E-state index contributed by atoms with van der Waals surface area (Å²) in [6.07, 6.45) is 0. The third-order valence-electron chi connectivity index (χ3n) is 3.82. The van der Waals surface area contributed by atoms with E-state index >= 15 is 0 Å². The van der Waals surface area contributed by atoms with Gasteiger partial charge in [0.15, 0.2) is 0 Å². The lowest BCUT2D eigenvalue weighted by Gasteiger charge is -2.22. The third-order valence-corrected chi connectivity index (χ3v) is 4.80. The topological polar surface area (TPSA) is 76.0 Å². The molecule has 0 aliphatic rings. The van der Waals surface area contributed by atoms with E-state index in [9.17, 15) is 9.59 Å². The first-order valence-electron chi connectivity index (χ1n) is 7.88. The largest absolute Gasteiger partial charge is 0.341 e. The van der Waals surface area contributed by atoms with Crippen molar-refractivity contribution in [3.63, 3.8) is 0 Å². The van der Waals surface area contributed by atoms with E-state index in [1.165, 1.54) is 9.56 Å². The molecule has 0 radical (unpaired) electrons. The standard InChI is InChI=1S/C17H24N4O2S/c1-9(2)15(13-8-11(4)24-12(13)5)19-17(23)16(22)18-14-7-10(3)20-21(14)6/h7-9,15H,1-6H3,(H,18,22)(H,19,23)/t15-/m0/s1. The smallest absolute Gasteiger partial charge is 0.314 e. The van der Waals surface area contributed by atoms with Gasteiger partial charge in [-0.2, -0.15) is 5.10 Å². The zero-order valence-corrected chi connectivity index (χ0v) is 15.7. The van der Waals surface area contributed by atoms with E-state index in [0.29, 0.717) is 5.82 Å². The van der Waals surface area contributed by atoms with Crippen molar-refractivity contribution in [1.29, 1.82) is 0 Å². The molecule has 24 heavy (non-hydrogen) atoms. The molecule has 2 aromatic rings. The molecule has 0 unspecified atom stereocenters. The Labute approximate surface area is 146 Å². The average molecular weight is 348 g/mol. The van der Waals surface area contributed by atoms with Crippen LogP contribution in [0.25, 0.3) is 0 Å². The van der Waals surface area contributed by atoms with Gasteiger partial charge in [-0.1, -0.05) is 13.8 Å².